The van der Waals surface area contributed by atoms with Gasteiger partial charge in [-0.15, -0.1) is 5.10 Å². The van der Waals surface area contributed by atoms with Crippen molar-refractivity contribution in [2.75, 3.05) is 0 Å². The molecule has 22 heavy (non-hydrogen) atoms. The van der Waals surface area contributed by atoms with E-state index in [4.69, 9.17) is 11.6 Å². The minimum Gasteiger partial charge on any atom is -0.265 e. The van der Waals surface area contributed by atoms with Crippen molar-refractivity contribution < 1.29 is 0 Å². The molecule has 4 nitrogen and oxygen atoms in total. The number of nitrogens with zero attached hydrogens (tertiary/aromatic N) is 4. The topological polar surface area (TPSA) is 43.6 Å². The standard InChI is InChI=1S/C17H13ClN4/c18-16-14(4-3-12-7-9-19-10-8-12)5-6-15-17(16)20-21-22(15)11-13-1-2-13/h5-10,13H,1-2,11H2. The zero-order valence-corrected chi connectivity index (χ0v) is 12.6. The molecule has 5 heteroatoms. The summed E-state index contributed by atoms with van der Waals surface area (Å²) in [5.74, 6) is 6.93. The molecule has 2 aromatic heterocycles. The molecule has 0 unspecified atom stereocenters. The number of fused-ring (bicyclic) bond motifs is 1. The lowest BCUT2D eigenvalue weighted by molar-refractivity contribution is 0.559. The van der Waals surface area contributed by atoms with E-state index >= 15 is 0 Å². The van der Waals surface area contributed by atoms with Crippen LogP contribution >= 0.6 is 11.6 Å². The maximum atomic E-state index is 6.44. The van der Waals surface area contributed by atoms with E-state index in [1.54, 1.807) is 12.4 Å². The number of benzene rings is 1. The fourth-order valence-electron chi connectivity index (χ4n) is 2.36. The van der Waals surface area contributed by atoms with Crippen molar-refractivity contribution in [3.63, 3.8) is 0 Å². The van der Waals surface area contributed by atoms with Crippen molar-refractivity contribution in [1.82, 2.24) is 20.0 Å². The van der Waals surface area contributed by atoms with Crippen LogP contribution in [-0.4, -0.2) is 20.0 Å². The van der Waals surface area contributed by atoms with Gasteiger partial charge in [-0.2, -0.15) is 0 Å². The molecule has 0 radical (unpaired) electrons. The summed E-state index contributed by atoms with van der Waals surface area (Å²) >= 11 is 6.44. The zero-order valence-electron chi connectivity index (χ0n) is 11.8. The molecule has 0 N–H and O–H groups in total. The quantitative estimate of drug-likeness (QED) is 0.682. The van der Waals surface area contributed by atoms with Crippen LogP contribution in [0.4, 0.5) is 0 Å². The van der Waals surface area contributed by atoms with E-state index in [-0.39, 0.29) is 0 Å². The molecule has 1 aliphatic carbocycles. The van der Waals surface area contributed by atoms with E-state index in [0.29, 0.717) is 5.02 Å². The van der Waals surface area contributed by atoms with Crippen molar-refractivity contribution in [2.24, 2.45) is 5.92 Å². The van der Waals surface area contributed by atoms with Gasteiger partial charge in [-0.1, -0.05) is 28.7 Å². The third kappa shape index (κ3) is 2.56. The van der Waals surface area contributed by atoms with Gasteiger partial charge in [0.25, 0.3) is 0 Å². The highest BCUT2D eigenvalue weighted by Crippen LogP contribution is 2.32. The van der Waals surface area contributed by atoms with Crippen molar-refractivity contribution in [2.45, 2.75) is 19.4 Å². The van der Waals surface area contributed by atoms with Gasteiger partial charge >= 0.3 is 0 Å². The first kappa shape index (κ1) is 13.3. The number of halogens is 1. The minimum atomic E-state index is 0.570. The summed E-state index contributed by atoms with van der Waals surface area (Å²) in [5, 5.41) is 9.01. The molecule has 4 rings (SSSR count). The summed E-state index contributed by atoms with van der Waals surface area (Å²) in [7, 11) is 0. The van der Waals surface area contributed by atoms with Crippen LogP contribution in [0, 0.1) is 17.8 Å². The van der Waals surface area contributed by atoms with Gasteiger partial charge in [-0.3, -0.25) is 4.98 Å². The van der Waals surface area contributed by atoms with Gasteiger partial charge < -0.3 is 0 Å². The third-order valence-corrected chi connectivity index (χ3v) is 4.16. The fourth-order valence-corrected chi connectivity index (χ4v) is 2.60. The SMILES string of the molecule is Clc1c(C#Cc2ccncc2)ccc2c1nnn2CC1CC1. The lowest BCUT2D eigenvalue weighted by Crippen LogP contribution is -2.01. The Hall–Kier alpha value is -2.38. The van der Waals surface area contributed by atoms with Crippen LogP contribution in [0.3, 0.4) is 0 Å². The maximum absolute atomic E-state index is 6.44. The largest absolute Gasteiger partial charge is 0.265 e. The number of hydrogen-bond donors (Lipinski definition) is 0. The molecule has 0 bridgehead atoms. The van der Waals surface area contributed by atoms with Gasteiger partial charge in [-0.25, -0.2) is 4.68 Å². The molecule has 3 aromatic rings. The molecule has 1 fully saturated rings. The first-order valence-electron chi connectivity index (χ1n) is 7.25. The zero-order chi connectivity index (χ0) is 14.9. The smallest absolute Gasteiger partial charge is 0.133 e. The number of rotatable bonds is 2. The molecule has 2 heterocycles. The average Bonchev–Trinajstić information content (AvgIpc) is 3.27. The van der Waals surface area contributed by atoms with E-state index in [1.165, 1.54) is 12.8 Å². The van der Waals surface area contributed by atoms with Gasteiger partial charge in [0, 0.05) is 30.1 Å². The van der Waals surface area contributed by atoms with Crippen molar-refractivity contribution in [3.8, 4) is 11.8 Å². The lowest BCUT2D eigenvalue weighted by Gasteiger charge is -2.01. The first-order chi connectivity index (χ1) is 10.8. The lowest BCUT2D eigenvalue weighted by atomic mass is 10.1. The predicted molar refractivity (Wildman–Crippen MR) is 85.5 cm³/mol. The monoisotopic (exact) mass is 308 g/mol. The molecule has 1 aliphatic rings. The van der Waals surface area contributed by atoms with Crippen LogP contribution in [0.5, 0.6) is 0 Å². The second-order valence-electron chi connectivity index (χ2n) is 5.50. The van der Waals surface area contributed by atoms with Crippen molar-refractivity contribution >= 4 is 22.6 Å². The highest BCUT2D eigenvalue weighted by Gasteiger charge is 2.23. The van der Waals surface area contributed by atoms with Gasteiger partial charge in [0.2, 0.25) is 0 Å². The first-order valence-corrected chi connectivity index (χ1v) is 7.63. The summed E-state index contributed by atoms with van der Waals surface area (Å²) < 4.78 is 1.94. The highest BCUT2D eigenvalue weighted by molar-refractivity contribution is 6.36. The van der Waals surface area contributed by atoms with Gasteiger partial charge in [-0.05, 0) is 43.0 Å². The summed E-state index contributed by atoms with van der Waals surface area (Å²) in [6.07, 6.45) is 6.01. The Morgan fingerprint density at radius 3 is 2.73 bits per heavy atom. The molecular formula is C17H13ClN4. The number of pyridine rings is 1. The van der Waals surface area contributed by atoms with Crippen LogP contribution in [0.2, 0.25) is 5.02 Å². The van der Waals surface area contributed by atoms with Crippen LogP contribution in [0.25, 0.3) is 11.0 Å². The van der Waals surface area contributed by atoms with Crippen LogP contribution in [0.1, 0.15) is 24.0 Å². The van der Waals surface area contributed by atoms with Crippen molar-refractivity contribution in [3.05, 3.63) is 52.8 Å². The van der Waals surface area contributed by atoms with E-state index in [9.17, 15) is 0 Å². The van der Waals surface area contributed by atoms with E-state index in [2.05, 4.69) is 27.1 Å². The molecule has 1 saturated carbocycles. The van der Waals surface area contributed by atoms with Crippen LogP contribution in [0.15, 0.2) is 36.7 Å². The maximum Gasteiger partial charge on any atom is 0.133 e. The van der Waals surface area contributed by atoms with E-state index in [0.717, 1.165) is 34.6 Å². The van der Waals surface area contributed by atoms with Crippen LogP contribution < -0.4 is 0 Å². The van der Waals surface area contributed by atoms with E-state index in [1.807, 2.05) is 28.9 Å². The normalized spacial score (nSPS) is 13.9. The number of hydrogen-bond acceptors (Lipinski definition) is 3. The molecule has 0 atom stereocenters. The van der Waals surface area contributed by atoms with Gasteiger partial charge in [0.05, 0.1) is 10.5 Å². The predicted octanol–water partition coefficient (Wildman–Crippen LogP) is 3.29. The second kappa shape index (κ2) is 5.43. The summed E-state index contributed by atoms with van der Waals surface area (Å²) in [6.45, 7) is 0.925. The second-order valence-corrected chi connectivity index (χ2v) is 5.87. The molecule has 0 aliphatic heterocycles. The summed E-state index contributed by atoms with van der Waals surface area (Å²) in [5.41, 5.74) is 3.38. The van der Waals surface area contributed by atoms with Crippen LogP contribution in [-0.2, 0) is 6.54 Å². The third-order valence-electron chi connectivity index (χ3n) is 3.78. The molecule has 0 spiro atoms. The molecule has 108 valence electrons. The van der Waals surface area contributed by atoms with Crippen molar-refractivity contribution in [1.29, 1.82) is 0 Å². The Morgan fingerprint density at radius 2 is 1.95 bits per heavy atom. The summed E-state index contributed by atoms with van der Waals surface area (Å²) in [6, 6.07) is 7.67. The molecule has 0 saturated heterocycles. The Kier molecular flexibility index (Phi) is 3.28. The minimum absolute atomic E-state index is 0.570. The Bertz CT molecular complexity index is 885. The molecule has 0 amide bonds. The molecule has 1 aromatic carbocycles. The van der Waals surface area contributed by atoms with Gasteiger partial charge in [0.15, 0.2) is 0 Å². The highest BCUT2D eigenvalue weighted by atomic mass is 35.5. The Balaban J connectivity index is 1.71. The average molecular weight is 309 g/mol. The Labute approximate surface area is 133 Å². The fraction of sp³-hybridized carbons (Fsp3) is 0.235. The van der Waals surface area contributed by atoms with Gasteiger partial charge in [0.1, 0.15) is 5.52 Å². The summed E-state index contributed by atoms with van der Waals surface area (Å²) in [4.78, 5) is 3.98. The van der Waals surface area contributed by atoms with E-state index < -0.39 is 0 Å². The molecular weight excluding hydrogens is 296 g/mol. The number of aromatic nitrogens is 4. The Morgan fingerprint density at radius 1 is 1.14 bits per heavy atom.